The van der Waals surface area contributed by atoms with Crippen LogP contribution >= 0.6 is 0 Å². The fourth-order valence-electron chi connectivity index (χ4n) is 2.63. The fraction of sp³-hybridized carbons (Fsp3) is 0.462. The van der Waals surface area contributed by atoms with Crippen LogP contribution in [0.15, 0.2) is 30.7 Å². The molecule has 2 aromatic heterocycles. The van der Waals surface area contributed by atoms with E-state index in [2.05, 4.69) is 15.3 Å². The van der Waals surface area contributed by atoms with Crippen molar-refractivity contribution in [3.63, 3.8) is 0 Å². The molecule has 0 unspecified atom stereocenters. The molecule has 19 heavy (non-hydrogen) atoms. The number of amides is 1. The fourth-order valence-corrected chi connectivity index (χ4v) is 2.63. The van der Waals surface area contributed by atoms with E-state index in [1.807, 2.05) is 23.2 Å². The second kappa shape index (κ2) is 5.26. The molecule has 1 aliphatic heterocycles. The summed E-state index contributed by atoms with van der Waals surface area (Å²) in [5.41, 5.74) is 1.02. The summed E-state index contributed by atoms with van der Waals surface area (Å²) in [7, 11) is 0. The molecule has 1 atom stereocenters. The van der Waals surface area contributed by atoms with Gasteiger partial charge in [-0.25, -0.2) is 0 Å². The van der Waals surface area contributed by atoms with E-state index in [0.717, 1.165) is 31.5 Å². The SMILES string of the molecule is O=C(Cn1cccn1)N1CCCC[C@@H]1c1ccn[nH]1. The molecular weight excluding hydrogens is 242 g/mol. The Morgan fingerprint density at radius 3 is 3.11 bits per heavy atom. The van der Waals surface area contributed by atoms with Crippen molar-refractivity contribution >= 4 is 5.91 Å². The highest BCUT2D eigenvalue weighted by atomic mass is 16.2. The smallest absolute Gasteiger partial charge is 0.244 e. The van der Waals surface area contributed by atoms with Crippen LogP contribution in [0, 0.1) is 0 Å². The van der Waals surface area contributed by atoms with Gasteiger partial charge in [0.25, 0.3) is 0 Å². The lowest BCUT2D eigenvalue weighted by atomic mass is 9.99. The van der Waals surface area contributed by atoms with Gasteiger partial charge in [0.1, 0.15) is 6.54 Å². The van der Waals surface area contributed by atoms with Gasteiger partial charge >= 0.3 is 0 Å². The molecule has 1 N–H and O–H groups in total. The summed E-state index contributed by atoms with van der Waals surface area (Å²) in [5.74, 6) is 0.114. The molecular formula is C13H17N5O. The summed E-state index contributed by atoms with van der Waals surface area (Å²) in [6.45, 7) is 1.11. The molecule has 1 fully saturated rings. The summed E-state index contributed by atoms with van der Waals surface area (Å²) in [6.07, 6.45) is 8.45. The maximum Gasteiger partial charge on any atom is 0.244 e. The number of H-pyrrole nitrogens is 1. The number of carbonyl (C=O) groups excluding carboxylic acids is 1. The second-order valence-electron chi connectivity index (χ2n) is 4.81. The van der Waals surface area contributed by atoms with Gasteiger partial charge in [0, 0.05) is 25.1 Å². The monoisotopic (exact) mass is 259 g/mol. The average Bonchev–Trinajstić information content (AvgIpc) is 3.11. The van der Waals surface area contributed by atoms with Crippen molar-refractivity contribution in [1.29, 1.82) is 0 Å². The third-order valence-electron chi connectivity index (χ3n) is 3.56. The van der Waals surface area contributed by atoms with Gasteiger partial charge in [0.05, 0.1) is 11.7 Å². The van der Waals surface area contributed by atoms with Crippen LogP contribution in [0.5, 0.6) is 0 Å². The number of nitrogens with one attached hydrogen (secondary N) is 1. The van der Waals surface area contributed by atoms with Gasteiger partial charge < -0.3 is 4.90 Å². The minimum absolute atomic E-state index is 0.114. The third-order valence-corrected chi connectivity index (χ3v) is 3.56. The predicted octanol–water partition coefficient (Wildman–Crippen LogP) is 1.36. The molecule has 0 aliphatic carbocycles. The van der Waals surface area contributed by atoms with Crippen LogP contribution in [0.1, 0.15) is 31.0 Å². The molecule has 3 heterocycles. The lowest BCUT2D eigenvalue weighted by molar-refractivity contribution is -0.136. The maximum absolute atomic E-state index is 12.4. The predicted molar refractivity (Wildman–Crippen MR) is 69.1 cm³/mol. The highest BCUT2D eigenvalue weighted by Gasteiger charge is 2.28. The minimum Gasteiger partial charge on any atom is -0.333 e. The summed E-state index contributed by atoms with van der Waals surface area (Å²) in [5, 5.41) is 11.1. The van der Waals surface area contributed by atoms with Crippen LogP contribution < -0.4 is 0 Å². The van der Waals surface area contributed by atoms with E-state index < -0.39 is 0 Å². The number of hydrogen-bond acceptors (Lipinski definition) is 3. The standard InChI is InChI=1S/C13H17N5O/c19-13(10-17-8-3-6-15-17)18-9-2-1-4-12(18)11-5-7-14-16-11/h3,5-8,12H,1-2,4,9-10H2,(H,14,16)/t12-/m1/s1. The molecule has 3 rings (SSSR count). The Bertz CT molecular complexity index is 519. The Hall–Kier alpha value is -2.11. The van der Waals surface area contributed by atoms with Gasteiger partial charge in [-0.05, 0) is 31.4 Å². The molecule has 1 saturated heterocycles. The van der Waals surface area contributed by atoms with Crippen molar-refractivity contribution in [1.82, 2.24) is 24.9 Å². The molecule has 6 heteroatoms. The summed E-state index contributed by atoms with van der Waals surface area (Å²) >= 11 is 0. The number of nitrogens with zero attached hydrogens (tertiary/aromatic N) is 4. The molecule has 100 valence electrons. The van der Waals surface area contributed by atoms with Crippen LogP contribution in [-0.2, 0) is 11.3 Å². The normalized spacial score (nSPS) is 19.6. The number of aromatic nitrogens is 4. The van der Waals surface area contributed by atoms with Crippen molar-refractivity contribution in [3.05, 3.63) is 36.4 Å². The van der Waals surface area contributed by atoms with E-state index >= 15 is 0 Å². The summed E-state index contributed by atoms with van der Waals surface area (Å²) in [6, 6.07) is 3.90. The zero-order valence-electron chi connectivity index (χ0n) is 10.7. The molecule has 0 aromatic carbocycles. The quantitative estimate of drug-likeness (QED) is 0.905. The number of aromatic amines is 1. The van der Waals surface area contributed by atoms with E-state index in [1.54, 1.807) is 17.1 Å². The van der Waals surface area contributed by atoms with Crippen molar-refractivity contribution < 1.29 is 4.79 Å². The first-order valence-corrected chi connectivity index (χ1v) is 6.61. The van der Waals surface area contributed by atoms with Gasteiger partial charge in [-0.2, -0.15) is 10.2 Å². The van der Waals surface area contributed by atoms with E-state index in [4.69, 9.17) is 0 Å². The lowest BCUT2D eigenvalue weighted by Crippen LogP contribution is -2.40. The number of rotatable bonds is 3. The molecule has 6 nitrogen and oxygen atoms in total. The summed E-state index contributed by atoms with van der Waals surface area (Å²) in [4.78, 5) is 14.3. The molecule has 1 aliphatic rings. The van der Waals surface area contributed by atoms with Crippen molar-refractivity contribution in [2.24, 2.45) is 0 Å². The largest absolute Gasteiger partial charge is 0.333 e. The lowest BCUT2D eigenvalue weighted by Gasteiger charge is -2.35. The first-order valence-electron chi connectivity index (χ1n) is 6.61. The van der Waals surface area contributed by atoms with Crippen molar-refractivity contribution in [3.8, 4) is 0 Å². The first-order chi connectivity index (χ1) is 9.34. The number of hydrogen-bond donors (Lipinski definition) is 1. The Balaban J connectivity index is 1.75. The Kier molecular flexibility index (Phi) is 3.31. The van der Waals surface area contributed by atoms with Crippen molar-refractivity contribution in [2.75, 3.05) is 6.54 Å². The zero-order valence-corrected chi connectivity index (χ0v) is 10.7. The zero-order chi connectivity index (χ0) is 13.1. The van der Waals surface area contributed by atoms with Crippen LogP contribution in [0.2, 0.25) is 0 Å². The third kappa shape index (κ3) is 2.52. The molecule has 1 amide bonds. The highest BCUT2D eigenvalue weighted by Crippen LogP contribution is 2.29. The van der Waals surface area contributed by atoms with Crippen LogP contribution in [0.4, 0.5) is 0 Å². The molecule has 0 bridgehead atoms. The number of likely N-dealkylation sites (tertiary alicyclic amines) is 1. The summed E-state index contributed by atoms with van der Waals surface area (Å²) < 4.78 is 1.67. The van der Waals surface area contributed by atoms with Crippen LogP contribution in [-0.4, -0.2) is 37.3 Å². The van der Waals surface area contributed by atoms with Crippen LogP contribution in [0.25, 0.3) is 0 Å². The first kappa shape index (κ1) is 12.0. The Morgan fingerprint density at radius 1 is 1.42 bits per heavy atom. The van der Waals surface area contributed by atoms with Crippen molar-refractivity contribution in [2.45, 2.75) is 31.8 Å². The van der Waals surface area contributed by atoms with Gasteiger partial charge in [-0.1, -0.05) is 0 Å². The minimum atomic E-state index is 0.114. The highest BCUT2D eigenvalue weighted by molar-refractivity contribution is 5.76. The van der Waals surface area contributed by atoms with E-state index in [-0.39, 0.29) is 11.9 Å². The molecule has 0 radical (unpaired) electrons. The molecule has 2 aromatic rings. The Labute approximate surface area is 111 Å². The second-order valence-corrected chi connectivity index (χ2v) is 4.81. The van der Waals surface area contributed by atoms with Gasteiger partial charge in [-0.15, -0.1) is 0 Å². The van der Waals surface area contributed by atoms with Crippen LogP contribution in [0.3, 0.4) is 0 Å². The Morgan fingerprint density at radius 2 is 2.37 bits per heavy atom. The van der Waals surface area contributed by atoms with Gasteiger partial charge in [0.2, 0.25) is 5.91 Å². The average molecular weight is 259 g/mol. The maximum atomic E-state index is 12.4. The molecule has 0 saturated carbocycles. The van der Waals surface area contributed by atoms with Gasteiger partial charge in [0.15, 0.2) is 0 Å². The molecule has 0 spiro atoms. The number of carbonyl (C=O) groups is 1. The van der Waals surface area contributed by atoms with Gasteiger partial charge in [-0.3, -0.25) is 14.6 Å². The van der Waals surface area contributed by atoms with E-state index in [1.165, 1.54) is 0 Å². The van der Waals surface area contributed by atoms with E-state index in [0.29, 0.717) is 6.54 Å². The van der Waals surface area contributed by atoms with E-state index in [9.17, 15) is 4.79 Å². The topological polar surface area (TPSA) is 66.8 Å². The number of piperidine rings is 1.